The number of ether oxygens (including phenoxy) is 1. The van der Waals surface area contributed by atoms with Crippen LogP contribution in [0.2, 0.25) is 0 Å². The van der Waals surface area contributed by atoms with Crippen molar-refractivity contribution in [2.75, 3.05) is 12.4 Å². The first kappa shape index (κ1) is 18.4. The molecule has 0 aliphatic heterocycles. The van der Waals surface area contributed by atoms with E-state index in [1.807, 2.05) is 31.2 Å². The quantitative estimate of drug-likeness (QED) is 0.681. The smallest absolute Gasteiger partial charge is 0.337 e. The SMILES string of the molecule is COC(=O)c1cccc(NC(=O)CCc2cc3ccc(C)cc3[nH]c2=O)c1. The van der Waals surface area contributed by atoms with Crippen LogP contribution in [0.25, 0.3) is 10.9 Å². The molecule has 0 spiro atoms. The Morgan fingerprint density at radius 1 is 1.11 bits per heavy atom. The van der Waals surface area contributed by atoms with E-state index in [0.717, 1.165) is 16.5 Å². The van der Waals surface area contributed by atoms with Gasteiger partial charge in [-0.25, -0.2) is 4.79 Å². The Morgan fingerprint density at radius 3 is 2.70 bits per heavy atom. The zero-order chi connectivity index (χ0) is 19.4. The molecule has 0 atom stereocenters. The van der Waals surface area contributed by atoms with Crippen molar-refractivity contribution in [1.29, 1.82) is 0 Å². The molecule has 1 aromatic heterocycles. The third-order valence-electron chi connectivity index (χ3n) is 4.27. The van der Waals surface area contributed by atoms with Crippen LogP contribution in [-0.4, -0.2) is 24.0 Å². The first-order valence-electron chi connectivity index (χ1n) is 8.57. The van der Waals surface area contributed by atoms with Crippen LogP contribution in [0, 0.1) is 6.92 Å². The number of aryl methyl sites for hydroxylation is 2. The molecule has 138 valence electrons. The Balaban J connectivity index is 1.68. The Morgan fingerprint density at radius 2 is 1.93 bits per heavy atom. The number of nitrogens with one attached hydrogen (secondary N) is 2. The highest BCUT2D eigenvalue weighted by atomic mass is 16.5. The summed E-state index contributed by atoms with van der Waals surface area (Å²) in [6, 6.07) is 14.2. The van der Waals surface area contributed by atoms with Crippen LogP contribution in [0.5, 0.6) is 0 Å². The van der Waals surface area contributed by atoms with E-state index < -0.39 is 5.97 Å². The number of rotatable bonds is 5. The molecule has 0 unspecified atom stereocenters. The molecule has 6 heteroatoms. The van der Waals surface area contributed by atoms with Gasteiger partial charge >= 0.3 is 5.97 Å². The van der Waals surface area contributed by atoms with Crippen LogP contribution >= 0.6 is 0 Å². The highest BCUT2D eigenvalue weighted by Crippen LogP contribution is 2.15. The number of methoxy groups -OCH3 is 1. The van der Waals surface area contributed by atoms with Gasteiger partial charge in [0.2, 0.25) is 5.91 Å². The van der Waals surface area contributed by atoms with Crippen molar-refractivity contribution in [2.45, 2.75) is 19.8 Å². The molecule has 0 aliphatic carbocycles. The van der Waals surface area contributed by atoms with E-state index in [4.69, 9.17) is 0 Å². The standard InChI is InChI=1S/C21H20N2O4/c1-13-6-7-14-11-15(20(25)23-18(14)10-13)8-9-19(24)22-17-5-3-4-16(12-17)21(26)27-2/h3-7,10-12H,8-9H2,1-2H3,(H,22,24)(H,23,25). The molecule has 0 radical (unpaired) electrons. The van der Waals surface area contributed by atoms with Crippen LogP contribution < -0.4 is 10.9 Å². The summed E-state index contributed by atoms with van der Waals surface area (Å²) >= 11 is 0. The summed E-state index contributed by atoms with van der Waals surface area (Å²) in [5, 5.41) is 3.67. The molecule has 0 fully saturated rings. The van der Waals surface area contributed by atoms with Gasteiger partial charge in [-0.1, -0.05) is 18.2 Å². The average Bonchev–Trinajstić information content (AvgIpc) is 2.66. The van der Waals surface area contributed by atoms with Gasteiger partial charge in [0.1, 0.15) is 0 Å². The maximum atomic E-state index is 12.2. The normalized spacial score (nSPS) is 10.6. The summed E-state index contributed by atoms with van der Waals surface area (Å²) in [6.45, 7) is 1.96. The van der Waals surface area contributed by atoms with Gasteiger partial charge in [-0.15, -0.1) is 0 Å². The number of fused-ring (bicyclic) bond motifs is 1. The monoisotopic (exact) mass is 364 g/mol. The topological polar surface area (TPSA) is 88.3 Å². The van der Waals surface area contributed by atoms with Gasteiger partial charge in [-0.05, 0) is 54.6 Å². The number of esters is 1. The highest BCUT2D eigenvalue weighted by Gasteiger charge is 2.10. The minimum atomic E-state index is -0.468. The lowest BCUT2D eigenvalue weighted by atomic mass is 10.1. The van der Waals surface area contributed by atoms with Crippen LogP contribution in [0.1, 0.15) is 27.9 Å². The highest BCUT2D eigenvalue weighted by molar-refractivity contribution is 5.94. The maximum absolute atomic E-state index is 12.2. The fourth-order valence-corrected chi connectivity index (χ4v) is 2.86. The largest absolute Gasteiger partial charge is 0.465 e. The van der Waals surface area contributed by atoms with Crippen LogP contribution in [-0.2, 0) is 16.0 Å². The first-order chi connectivity index (χ1) is 13.0. The third-order valence-corrected chi connectivity index (χ3v) is 4.27. The average molecular weight is 364 g/mol. The molecular formula is C21H20N2O4. The molecule has 0 bridgehead atoms. The number of anilines is 1. The zero-order valence-corrected chi connectivity index (χ0v) is 15.2. The van der Waals surface area contributed by atoms with Crippen molar-refractivity contribution in [3.8, 4) is 0 Å². The van der Waals surface area contributed by atoms with Gasteiger partial charge < -0.3 is 15.0 Å². The van der Waals surface area contributed by atoms with Crippen LogP contribution in [0.15, 0.2) is 53.3 Å². The van der Waals surface area contributed by atoms with E-state index in [0.29, 0.717) is 23.2 Å². The molecule has 6 nitrogen and oxygen atoms in total. The molecule has 2 N–H and O–H groups in total. The van der Waals surface area contributed by atoms with E-state index in [1.54, 1.807) is 24.3 Å². The van der Waals surface area contributed by atoms with E-state index in [9.17, 15) is 14.4 Å². The molecule has 0 saturated carbocycles. The zero-order valence-electron chi connectivity index (χ0n) is 15.2. The molecule has 1 heterocycles. The Kier molecular flexibility index (Phi) is 5.35. The number of pyridine rings is 1. The van der Waals surface area contributed by atoms with Gasteiger partial charge in [-0.3, -0.25) is 9.59 Å². The molecule has 2 aromatic carbocycles. The molecule has 3 aromatic rings. The van der Waals surface area contributed by atoms with E-state index in [2.05, 4.69) is 15.0 Å². The predicted molar refractivity (Wildman–Crippen MR) is 104 cm³/mol. The summed E-state index contributed by atoms with van der Waals surface area (Å²) in [4.78, 5) is 38.9. The summed E-state index contributed by atoms with van der Waals surface area (Å²) < 4.78 is 4.67. The number of hydrogen-bond donors (Lipinski definition) is 2. The van der Waals surface area contributed by atoms with E-state index in [-0.39, 0.29) is 17.9 Å². The predicted octanol–water partition coefficient (Wildman–Crippen LogP) is 3.19. The summed E-state index contributed by atoms with van der Waals surface area (Å²) in [6.07, 6.45) is 0.477. The van der Waals surface area contributed by atoms with Crippen molar-refractivity contribution in [2.24, 2.45) is 0 Å². The second kappa shape index (κ2) is 7.86. The summed E-state index contributed by atoms with van der Waals surface area (Å²) in [5.74, 6) is -0.704. The number of benzene rings is 2. The van der Waals surface area contributed by atoms with Gasteiger partial charge in [0.15, 0.2) is 0 Å². The van der Waals surface area contributed by atoms with Gasteiger partial charge in [0.25, 0.3) is 5.56 Å². The van der Waals surface area contributed by atoms with Gasteiger partial charge in [-0.2, -0.15) is 0 Å². The number of aromatic amines is 1. The number of amides is 1. The summed E-state index contributed by atoms with van der Waals surface area (Å²) in [7, 11) is 1.30. The van der Waals surface area contributed by atoms with Crippen molar-refractivity contribution in [3.63, 3.8) is 0 Å². The van der Waals surface area contributed by atoms with Crippen molar-refractivity contribution in [1.82, 2.24) is 4.98 Å². The number of hydrogen-bond acceptors (Lipinski definition) is 4. The number of carbonyl (C=O) groups is 2. The molecule has 27 heavy (non-hydrogen) atoms. The molecule has 1 amide bonds. The Bertz CT molecular complexity index is 1070. The third kappa shape index (κ3) is 4.41. The molecular weight excluding hydrogens is 344 g/mol. The van der Waals surface area contributed by atoms with Crippen molar-refractivity contribution >= 4 is 28.5 Å². The lowest BCUT2D eigenvalue weighted by Gasteiger charge is -2.07. The Labute approximate surface area is 156 Å². The Hall–Kier alpha value is -3.41. The fraction of sp³-hybridized carbons (Fsp3) is 0.190. The van der Waals surface area contributed by atoms with Gasteiger partial charge in [0, 0.05) is 23.2 Å². The van der Waals surface area contributed by atoms with Gasteiger partial charge in [0.05, 0.1) is 12.7 Å². The minimum absolute atomic E-state index is 0.156. The number of H-pyrrole nitrogens is 1. The van der Waals surface area contributed by atoms with E-state index in [1.165, 1.54) is 7.11 Å². The van der Waals surface area contributed by atoms with Crippen LogP contribution in [0.4, 0.5) is 5.69 Å². The van der Waals surface area contributed by atoms with Crippen molar-refractivity contribution < 1.29 is 14.3 Å². The summed E-state index contributed by atoms with van der Waals surface area (Å²) in [5.41, 5.74) is 3.09. The minimum Gasteiger partial charge on any atom is -0.465 e. The fourth-order valence-electron chi connectivity index (χ4n) is 2.86. The lowest BCUT2D eigenvalue weighted by Crippen LogP contribution is -2.17. The lowest BCUT2D eigenvalue weighted by molar-refractivity contribution is -0.116. The second-order valence-electron chi connectivity index (χ2n) is 6.33. The van der Waals surface area contributed by atoms with Crippen molar-refractivity contribution in [3.05, 3.63) is 75.6 Å². The first-order valence-corrected chi connectivity index (χ1v) is 8.57. The molecule has 3 rings (SSSR count). The van der Waals surface area contributed by atoms with E-state index >= 15 is 0 Å². The van der Waals surface area contributed by atoms with Crippen LogP contribution in [0.3, 0.4) is 0 Å². The molecule has 0 aliphatic rings. The number of carbonyl (C=O) groups excluding carboxylic acids is 2. The second-order valence-corrected chi connectivity index (χ2v) is 6.33. The number of aromatic nitrogens is 1. The maximum Gasteiger partial charge on any atom is 0.337 e. The molecule has 0 saturated heterocycles.